The summed E-state index contributed by atoms with van der Waals surface area (Å²) in [5.41, 5.74) is 22.7. The fraction of sp³-hybridized carbons (Fsp3) is 0.102. The molecule has 0 spiro atoms. The topological polar surface area (TPSA) is 19.0 Å². The summed E-state index contributed by atoms with van der Waals surface area (Å²) in [5.74, 6) is 0.274. The average Bonchev–Trinajstić information content (AvgIpc) is 3.69. The predicted octanol–water partition coefficient (Wildman–Crippen LogP) is 10.7. The Morgan fingerprint density at radius 2 is 1.25 bits per heavy atom. The lowest BCUT2D eigenvalue weighted by atomic mass is 9.50. The highest BCUT2D eigenvalue weighted by molar-refractivity contribution is 6.70. The molecule has 246 valence electrons. The minimum atomic E-state index is -0.105. The third-order valence-corrected chi connectivity index (χ3v) is 12.2. The van der Waals surface area contributed by atoms with Crippen molar-refractivity contribution >= 4 is 46.2 Å². The van der Waals surface area contributed by atoms with E-state index in [2.05, 4.69) is 181 Å². The minimum absolute atomic E-state index is 0.105. The lowest BCUT2D eigenvalue weighted by molar-refractivity contribution is 0.642. The first kappa shape index (κ1) is 29.7. The zero-order valence-electron chi connectivity index (χ0n) is 29.4. The van der Waals surface area contributed by atoms with Crippen molar-refractivity contribution in [2.24, 2.45) is 0 Å². The minimum Gasteiger partial charge on any atom is -0.357 e. The first-order valence-electron chi connectivity index (χ1n) is 18.6. The van der Waals surface area contributed by atoms with Crippen molar-refractivity contribution in [3.05, 3.63) is 186 Å². The van der Waals surface area contributed by atoms with E-state index in [1.807, 2.05) is 0 Å². The summed E-state index contributed by atoms with van der Waals surface area (Å²) in [4.78, 5) is 6.50. The van der Waals surface area contributed by atoms with E-state index in [1.165, 1.54) is 88.8 Å². The van der Waals surface area contributed by atoms with Crippen LogP contribution in [0.5, 0.6) is 0 Å². The molecule has 0 radical (unpaired) electrons. The second-order valence-corrected chi connectivity index (χ2v) is 15.3. The zero-order chi connectivity index (χ0) is 34.6. The van der Waals surface area contributed by atoms with Crippen molar-refractivity contribution in [3.8, 4) is 33.4 Å². The smallest absolute Gasteiger partial charge is 0.193 e. The Labute approximate surface area is 305 Å². The predicted molar refractivity (Wildman–Crippen MR) is 220 cm³/mol. The lowest BCUT2D eigenvalue weighted by Crippen LogP contribution is -2.42. The Morgan fingerprint density at radius 3 is 2.04 bits per heavy atom. The van der Waals surface area contributed by atoms with Gasteiger partial charge in [0.2, 0.25) is 0 Å². The third kappa shape index (κ3) is 4.14. The Kier molecular flexibility index (Phi) is 6.26. The summed E-state index contributed by atoms with van der Waals surface area (Å²) in [6.07, 6.45) is 0.999. The van der Waals surface area contributed by atoms with Crippen LogP contribution in [0.4, 0.5) is 17.1 Å². The van der Waals surface area contributed by atoms with Gasteiger partial charge in [0.1, 0.15) is 0 Å². The summed E-state index contributed by atoms with van der Waals surface area (Å²) < 4.78 is 0. The number of para-hydroxylation sites is 3. The van der Waals surface area contributed by atoms with Crippen LogP contribution < -0.4 is 15.8 Å². The van der Waals surface area contributed by atoms with Gasteiger partial charge in [-0.3, -0.25) is 0 Å². The molecular weight excluding hydrogens is 627 g/mol. The van der Waals surface area contributed by atoms with Crippen LogP contribution in [0.2, 0.25) is 0 Å². The van der Waals surface area contributed by atoms with E-state index in [4.69, 9.17) is 0 Å². The number of aromatic amines is 1. The van der Waals surface area contributed by atoms with Crippen LogP contribution in [0, 0.1) is 0 Å². The number of hydrogen-bond acceptors (Lipinski definition) is 1. The van der Waals surface area contributed by atoms with Gasteiger partial charge in [0.25, 0.3) is 0 Å². The number of nitrogens with zero attached hydrogens (tertiary/aromatic N) is 1. The van der Waals surface area contributed by atoms with E-state index in [0.717, 1.165) is 25.1 Å². The molecule has 2 heterocycles. The molecule has 1 N–H and O–H groups in total. The molecule has 0 bridgehead atoms. The number of rotatable bonds is 4. The van der Waals surface area contributed by atoms with Gasteiger partial charge in [-0.05, 0) is 87.3 Å². The highest BCUT2D eigenvalue weighted by Gasteiger charge is 2.39. The number of fused-ring (bicyclic) bond motifs is 9. The Balaban J connectivity index is 1.21. The molecule has 7 aromatic carbocycles. The second-order valence-electron chi connectivity index (χ2n) is 15.3. The van der Waals surface area contributed by atoms with Gasteiger partial charge in [-0.15, -0.1) is 0 Å². The molecule has 1 unspecified atom stereocenters. The van der Waals surface area contributed by atoms with Crippen molar-refractivity contribution in [1.29, 1.82) is 0 Å². The molecule has 0 saturated carbocycles. The van der Waals surface area contributed by atoms with Crippen LogP contribution in [0.1, 0.15) is 47.7 Å². The molecule has 1 aliphatic heterocycles. The Morgan fingerprint density at radius 1 is 0.596 bits per heavy atom. The number of benzene rings is 7. The Bertz CT molecular complexity index is 2680. The fourth-order valence-corrected chi connectivity index (χ4v) is 9.88. The molecule has 2 nitrogen and oxygen atoms in total. The van der Waals surface area contributed by atoms with Crippen molar-refractivity contribution in [2.75, 3.05) is 4.90 Å². The monoisotopic (exact) mass is 664 g/mol. The molecule has 2 aliphatic carbocycles. The van der Waals surface area contributed by atoms with Crippen molar-refractivity contribution in [3.63, 3.8) is 0 Å². The first-order chi connectivity index (χ1) is 25.6. The molecule has 1 aromatic heterocycles. The van der Waals surface area contributed by atoms with E-state index in [9.17, 15) is 0 Å². The SMILES string of the molecule is CC1(C)c2ccccc2-c2c1[nH]c1c(-c3cc(N(c4ccccc4)c4ccccc4)cc4c3Bc3cccc5c3C4Cc3ccccc3-5)cccc21. The van der Waals surface area contributed by atoms with Crippen LogP contribution in [-0.2, 0) is 11.8 Å². The third-order valence-electron chi connectivity index (χ3n) is 12.2. The van der Waals surface area contributed by atoms with E-state index in [0.29, 0.717) is 0 Å². The molecule has 0 fully saturated rings. The number of aromatic nitrogens is 1. The summed E-state index contributed by atoms with van der Waals surface area (Å²) in [5, 5.41) is 1.30. The van der Waals surface area contributed by atoms with Crippen molar-refractivity contribution < 1.29 is 0 Å². The number of nitrogens with one attached hydrogen (secondary N) is 1. The van der Waals surface area contributed by atoms with Crippen LogP contribution >= 0.6 is 0 Å². The van der Waals surface area contributed by atoms with E-state index < -0.39 is 0 Å². The average molecular weight is 665 g/mol. The highest BCUT2D eigenvalue weighted by Crippen LogP contribution is 2.53. The van der Waals surface area contributed by atoms with E-state index in [-0.39, 0.29) is 11.3 Å². The standard InChI is InChI=1S/C49H37BN2/c1-49(2)42-25-12-11-21-37(42)45-38-24-13-23-36(47(38)51-48(45)49)40-28-33(52(31-16-5-3-6-17-31)32-18-7-4-8-19-32)29-41-39-27-30-15-9-10-20-34(30)35-22-14-26-43(44(35)39)50-46(40)41/h3-26,28-29,39,50-51H,27H2,1-2H3. The highest BCUT2D eigenvalue weighted by atomic mass is 15.1. The largest absolute Gasteiger partial charge is 0.357 e. The van der Waals surface area contributed by atoms with Gasteiger partial charge < -0.3 is 9.88 Å². The molecule has 1 atom stereocenters. The summed E-state index contributed by atoms with van der Waals surface area (Å²) in [6.45, 7) is 4.73. The van der Waals surface area contributed by atoms with Crippen LogP contribution in [-0.4, -0.2) is 12.3 Å². The molecule has 0 amide bonds. The van der Waals surface area contributed by atoms with Gasteiger partial charge in [0.05, 0.1) is 5.52 Å². The molecule has 8 aromatic rings. The van der Waals surface area contributed by atoms with Gasteiger partial charge in [-0.2, -0.15) is 0 Å². The number of hydrogen-bond donors (Lipinski definition) is 1. The van der Waals surface area contributed by atoms with Gasteiger partial charge in [-0.1, -0.05) is 146 Å². The quantitative estimate of drug-likeness (QED) is 0.186. The molecular formula is C49H37BN2. The number of anilines is 3. The molecule has 52 heavy (non-hydrogen) atoms. The normalized spacial score (nSPS) is 15.5. The molecule has 3 heteroatoms. The van der Waals surface area contributed by atoms with Crippen molar-refractivity contribution in [1.82, 2.24) is 4.98 Å². The van der Waals surface area contributed by atoms with Crippen LogP contribution in [0.25, 0.3) is 44.3 Å². The van der Waals surface area contributed by atoms with Crippen molar-refractivity contribution in [2.45, 2.75) is 31.6 Å². The van der Waals surface area contributed by atoms with Gasteiger partial charge >= 0.3 is 0 Å². The summed E-state index contributed by atoms with van der Waals surface area (Å²) in [6, 6.07) is 58.7. The van der Waals surface area contributed by atoms with E-state index >= 15 is 0 Å². The van der Waals surface area contributed by atoms with Crippen LogP contribution in [0.3, 0.4) is 0 Å². The first-order valence-corrected chi connectivity index (χ1v) is 18.6. The van der Waals surface area contributed by atoms with Gasteiger partial charge in [0.15, 0.2) is 7.28 Å². The number of H-pyrrole nitrogens is 1. The van der Waals surface area contributed by atoms with Gasteiger partial charge in [0, 0.05) is 50.6 Å². The maximum absolute atomic E-state index is 4.06. The van der Waals surface area contributed by atoms with Gasteiger partial charge in [-0.25, -0.2) is 0 Å². The lowest BCUT2D eigenvalue weighted by Gasteiger charge is -2.37. The maximum Gasteiger partial charge on any atom is 0.193 e. The molecule has 0 saturated heterocycles. The van der Waals surface area contributed by atoms with Crippen LogP contribution in [0.15, 0.2) is 158 Å². The zero-order valence-corrected chi connectivity index (χ0v) is 29.4. The Hall–Kier alpha value is -6.06. The summed E-state index contributed by atoms with van der Waals surface area (Å²) >= 11 is 0. The maximum atomic E-state index is 4.06. The fourth-order valence-electron chi connectivity index (χ4n) is 9.88. The second kappa shape index (κ2) is 11.0. The van der Waals surface area contributed by atoms with E-state index in [1.54, 1.807) is 0 Å². The summed E-state index contributed by atoms with van der Waals surface area (Å²) in [7, 11) is 0.911. The molecule has 11 rings (SSSR count). The molecule has 3 aliphatic rings.